The number of nitrogen functional groups attached to an aromatic ring is 1. The van der Waals surface area contributed by atoms with Gasteiger partial charge in [-0.25, -0.2) is 4.98 Å². The molecular formula is C8H9N3O2. The lowest BCUT2D eigenvalue weighted by Gasteiger charge is -2.02. The van der Waals surface area contributed by atoms with Gasteiger partial charge in [-0.15, -0.1) is 0 Å². The molecule has 0 radical (unpaired) electrons. The molecule has 0 atom stereocenters. The Morgan fingerprint density at radius 3 is 2.77 bits per heavy atom. The molecule has 13 heavy (non-hydrogen) atoms. The maximum absolute atomic E-state index is 10.6. The van der Waals surface area contributed by atoms with Gasteiger partial charge in [-0.2, -0.15) is 0 Å². The van der Waals surface area contributed by atoms with Crippen LogP contribution >= 0.6 is 0 Å². The number of carbonyl (C=O) groups is 2. The van der Waals surface area contributed by atoms with E-state index in [-0.39, 0.29) is 11.7 Å². The zero-order valence-corrected chi connectivity index (χ0v) is 7.07. The van der Waals surface area contributed by atoms with Crippen molar-refractivity contribution in [3.05, 3.63) is 17.7 Å². The van der Waals surface area contributed by atoms with E-state index in [9.17, 15) is 9.59 Å². The summed E-state index contributed by atoms with van der Waals surface area (Å²) in [6, 6.07) is 3.02. The molecule has 0 unspecified atom stereocenters. The van der Waals surface area contributed by atoms with Crippen LogP contribution in [0.15, 0.2) is 12.1 Å². The predicted octanol–water partition coefficient (Wildman–Crippen LogP) is 0.435. The molecule has 3 N–H and O–H groups in total. The number of hydrogen-bond acceptors (Lipinski definition) is 4. The summed E-state index contributed by atoms with van der Waals surface area (Å²) in [6.07, 6.45) is 0.611. The lowest BCUT2D eigenvalue weighted by Crippen LogP contribution is -2.09. The number of hydrogen-bond donors (Lipinski definition) is 2. The SMILES string of the molecule is CC(=O)Nc1ccc(C=O)c(N)n1. The molecule has 1 aromatic heterocycles. The molecule has 5 heteroatoms. The average molecular weight is 179 g/mol. The second-order valence-corrected chi connectivity index (χ2v) is 2.47. The van der Waals surface area contributed by atoms with Gasteiger partial charge in [-0.05, 0) is 12.1 Å². The van der Waals surface area contributed by atoms with Crippen molar-refractivity contribution < 1.29 is 9.59 Å². The molecule has 1 heterocycles. The minimum Gasteiger partial charge on any atom is -0.383 e. The van der Waals surface area contributed by atoms with E-state index in [0.717, 1.165) is 0 Å². The highest BCUT2D eigenvalue weighted by Crippen LogP contribution is 2.10. The predicted molar refractivity (Wildman–Crippen MR) is 48.3 cm³/mol. The Balaban J connectivity index is 2.95. The highest BCUT2D eigenvalue weighted by Gasteiger charge is 2.01. The molecule has 0 aliphatic carbocycles. The van der Waals surface area contributed by atoms with Crippen LogP contribution in [0, 0.1) is 0 Å². The molecular weight excluding hydrogens is 170 g/mol. The number of nitrogens with two attached hydrogens (primary N) is 1. The molecule has 1 aromatic rings. The van der Waals surface area contributed by atoms with Gasteiger partial charge in [0.1, 0.15) is 11.6 Å². The number of nitrogens with one attached hydrogen (secondary N) is 1. The lowest BCUT2D eigenvalue weighted by atomic mass is 10.3. The molecule has 5 nitrogen and oxygen atoms in total. The van der Waals surface area contributed by atoms with Crippen molar-refractivity contribution in [1.29, 1.82) is 0 Å². The lowest BCUT2D eigenvalue weighted by molar-refractivity contribution is -0.114. The molecule has 0 aliphatic rings. The summed E-state index contributed by atoms with van der Waals surface area (Å²) >= 11 is 0. The van der Waals surface area contributed by atoms with Gasteiger partial charge in [0.2, 0.25) is 5.91 Å². The first-order valence-corrected chi connectivity index (χ1v) is 3.63. The van der Waals surface area contributed by atoms with Crippen molar-refractivity contribution >= 4 is 23.8 Å². The Morgan fingerprint density at radius 2 is 2.31 bits per heavy atom. The zero-order valence-electron chi connectivity index (χ0n) is 7.07. The number of aromatic nitrogens is 1. The summed E-state index contributed by atoms with van der Waals surface area (Å²) in [6.45, 7) is 1.37. The smallest absolute Gasteiger partial charge is 0.222 e. The molecule has 0 saturated carbocycles. The number of rotatable bonds is 2. The van der Waals surface area contributed by atoms with Crippen LogP contribution in [0.25, 0.3) is 0 Å². The van der Waals surface area contributed by atoms with Crippen LogP contribution in [0.4, 0.5) is 11.6 Å². The molecule has 0 aliphatic heterocycles. The highest BCUT2D eigenvalue weighted by molar-refractivity contribution is 5.89. The monoisotopic (exact) mass is 179 g/mol. The van der Waals surface area contributed by atoms with E-state index in [0.29, 0.717) is 17.7 Å². The fourth-order valence-corrected chi connectivity index (χ4v) is 0.835. The van der Waals surface area contributed by atoms with E-state index >= 15 is 0 Å². The molecule has 0 aromatic carbocycles. The number of nitrogens with zero attached hydrogens (tertiary/aromatic N) is 1. The Morgan fingerprint density at radius 1 is 1.62 bits per heavy atom. The van der Waals surface area contributed by atoms with Crippen LogP contribution < -0.4 is 11.1 Å². The van der Waals surface area contributed by atoms with Crippen molar-refractivity contribution in [2.24, 2.45) is 0 Å². The second kappa shape index (κ2) is 3.66. The van der Waals surface area contributed by atoms with Crippen molar-refractivity contribution in [1.82, 2.24) is 4.98 Å². The Labute approximate surface area is 75.0 Å². The quantitative estimate of drug-likeness (QED) is 0.645. The summed E-state index contributed by atoms with van der Waals surface area (Å²) in [5.41, 5.74) is 5.73. The average Bonchev–Trinajstić information content (AvgIpc) is 2.03. The highest BCUT2D eigenvalue weighted by atomic mass is 16.1. The largest absolute Gasteiger partial charge is 0.383 e. The normalized spacial score (nSPS) is 9.31. The third-order valence-corrected chi connectivity index (χ3v) is 1.39. The van der Waals surface area contributed by atoms with Gasteiger partial charge >= 0.3 is 0 Å². The standard InChI is InChI=1S/C8H9N3O2/c1-5(13)10-7-3-2-6(4-12)8(9)11-7/h2-4H,1H3,(H3,9,10,11,13). The van der Waals surface area contributed by atoms with Gasteiger partial charge in [-0.1, -0.05) is 0 Å². The molecule has 0 bridgehead atoms. The molecule has 0 fully saturated rings. The fourth-order valence-electron chi connectivity index (χ4n) is 0.835. The van der Waals surface area contributed by atoms with Crippen LogP contribution in [0.1, 0.15) is 17.3 Å². The van der Waals surface area contributed by atoms with Gasteiger partial charge in [0.25, 0.3) is 0 Å². The minimum absolute atomic E-state index is 0.112. The van der Waals surface area contributed by atoms with E-state index in [1.807, 2.05) is 0 Å². The van der Waals surface area contributed by atoms with Gasteiger partial charge in [0.15, 0.2) is 6.29 Å². The maximum Gasteiger partial charge on any atom is 0.222 e. The summed E-state index contributed by atoms with van der Waals surface area (Å²) in [5, 5.41) is 2.45. The Hall–Kier alpha value is -1.91. The maximum atomic E-state index is 10.6. The van der Waals surface area contributed by atoms with E-state index in [2.05, 4.69) is 10.3 Å². The van der Waals surface area contributed by atoms with E-state index in [1.165, 1.54) is 19.1 Å². The van der Waals surface area contributed by atoms with Gasteiger partial charge in [0, 0.05) is 6.92 Å². The van der Waals surface area contributed by atoms with Crippen LogP contribution in [-0.2, 0) is 4.79 Å². The summed E-state index contributed by atoms with van der Waals surface area (Å²) in [7, 11) is 0. The van der Waals surface area contributed by atoms with Gasteiger partial charge in [0.05, 0.1) is 5.56 Å². The molecule has 1 rings (SSSR count). The van der Waals surface area contributed by atoms with Gasteiger partial charge in [-0.3, -0.25) is 9.59 Å². The number of pyridine rings is 1. The number of carbonyl (C=O) groups excluding carboxylic acids is 2. The molecule has 0 spiro atoms. The second-order valence-electron chi connectivity index (χ2n) is 2.47. The van der Waals surface area contributed by atoms with Crippen LogP contribution in [0.5, 0.6) is 0 Å². The first-order chi connectivity index (χ1) is 6.13. The summed E-state index contributed by atoms with van der Waals surface area (Å²) in [5.74, 6) is 0.225. The van der Waals surface area contributed by atoms with Crippen LogP contribution in [-0.4, -0.2) is 17.2 Å². The van der Waals surface area contributed by atoms with Crippen LogP contribution in [0.3, 0.4) is 0 Å². The van der Waals surface area contributed by atoms with E-state index in [4.69, 9.17) is 5.73 Å². The van der Waals surface area contributed by atoms with Crippen molar-refractivity contribution in [2.75, 3.05) is 11.1 Å². The van der Waals surface area contributed by atoms with Crippen molar-refractivity contribution in [3.8, 4) is 0 Å². The van der Waals surface area contributed by atoms with Crippen molar-refractivity contribution in [2.45, 2.75) is 6.92 Å². The van der Waals surface area contributed by atoms with Gasteiger partial charge < -0.3 is 11.1 Å². The summed E-state index contributed by atoms with van der Waals surface area (Å²) < 4.78 is 0. The van der Waals surface area contributed by atoms with E-state index < -0.39 is 0 Å². The van der Waals surface area contributed by atoms with E-state index in [1.54, 1.807) is 0 Å². The minimum atomic E-state index is -0.231. The summed E-state index contributed by atoms with van der Waals surface area (Å²) in [4.78, 5) is 24.8. The molecule has 68 valence electrons. The molecule has 0 saturated heterocycles. The number of anilines is 2. The zero-order chi connectivity index (χ0) is 9.84. The number of amides is 1. The third-order valence-electron chi connectivity index (χ3n) is 1.39. The van der Waals surface area contributed by atoms with Crippen LogP contribution in [0.2, 0.25) is 0 Å². The third kappa shape index (κ3) is 2.26. The Kier molecular flexibility index (Phi) is 2.59. The first kappa shape index (κ1) is 9.18. The Bertz CT molecular complexity index is 349. The fraction of sp³-hybridized carbons (Fsp3) is 0.125. The topological polar surface area (TPSA) is 85.1 Å². The number of aldehydes is 1. The molecule has 1 amide bonds. The van der Waals surface area contributed by atoms with Crippen molar-refractivity contribution in [3.63, 3.8) is 0 Å². The first-order valence-electron chi connectivity index (χ1n) is 3.63.